The van der Waals surface area contributed by atoms with E-state index in [4.69, 9.17) is 0 Å². The van der Waals surface area contributed by atoms with Crippen molar-refractivity contribution >= 4 is 28.4 Å². The number of rotatable bonds is 2. The third kappa shape index (κ3) is 2.45. The molecule has 0 bridgehead atoms. The minimum Gasteiger partial charge on any atom is -0.278 e. The number of thioether (sulfide) groups is 1. The standard InChI is InChI=1S/C9H14N4S/c1-5-14-9(10-4)8-11-6(2)7(3)12-13-8/h5-6H,1H2,2-4H3,(H,11,13). The van der Waals surface area contributed by atoms with Gasteiger partial charge in [0.2, 0.25) is 0 Å². The Morgan fingerprint density at radius 1 is 1.71 bits per heavy atom. The predicted octanol–water partition coefficient (Wildman–Crippen LogP) is 1.66. The average molecular weight is 210 g/mol. The molecule has 0 saturated heterocycles. The molecule has 14 heavy (non-hydrogen) atoms. The lowest BCUT2D eigenvalue weighted by Gasteiger charge is -2.16. The zero-order chi connectivity index (χ0) is 10.6. The molecule has 1 rings (SSSR count). The van der Waals surface area contributed by atoms with Crippen molar-refractivity contribution in [2.75, 3.05) is 7.05 Å². The summed E-state index contributed by atoms with van der Waals surface area (Å²) in [7, 11) is 1.73. The molecule has 0 aromatic heterocycles. The van der Waals surface area contributed by atoms with Crippen LogP contribution in [0, 0.1) is 0 Å². The minimum absolute atomic E-state index is 0.119. The lowest BCUT2D eigenvalue weighted by atomic mass is 10.2. The van der Waals surface area contributed by atoms with Crippen molar-refractivity contribution in [1.82, 2.24) is 5.43 Å². The van der Waals surface area contributed by atoms with Crippen molar-refractivity contribution in [3.8, 4) is 0 Å². The van der Waals surface area contributed by atoms with Crippen LogP contribution in [0.3, 0.4) is 0 Å². The molecule has 0 aromatic carbocycles. The Kier molecular flexibility index (Phi) is 3.88. The van der Waals surface area contributed by atoms with E-state index in [-0.39, 0.29) is 6.04 Å². The highest BCUT2D eigenvalue weighted by Crippen LogP contribution is 2.09. The van der Waals surface area contributed by atoms with Gasteiger partial charge in [0.25, 0.3) is 0 Å². The van der Waals surface area contributed by atoms with Gasteiger partial charge in [0, 0.05) is 7.05 Å². The smallest absolute Gasteiger partial charge is 0.175 e. The highest BCUT2D eigenvalue weighted by atomic mass is 32.2. The van der Waals surface area contributed by atoms with Gasteiger partial charge in [-0.1, -0.05) is 18.3 Å². The van der Waals surface area contributed by atoms with E-state index in [1.54, 1.807) is 12.5 Å². The van der Waals surface area contributed by atoms with Gasteiger partial charge in [-0.2, -0.15) is 5.10 Å². The minimum atomic E-state index is 0.119. The van der Waals surface area contributed by atoms with Crippen molar-refractivity contribution in [1.29, 1.82) is 0 Å². The average Bonchev–Trinajstić information content (AvgIpc) is 2.19. The van der Waals surface area contributed by atoms with Crippen molar-refractivity contribution in [2.24, 2.45) is 15.1 Å². The summed E-state index contributed by atoms with van der Waals surface area (Å²) in [5, 5.41) is 6.68. The molecular weight excluding hydrogens is 196 g/mol. The predicted molar refractivity (Wildman–Crippen MR) is 64.3 cm³/mol. The van der Waals surface area contributed by atoms with Crippen LogP contribution in [0.15, 0.2) is 27.1 Å². The van der Waals surface area contributed by atoms with Crippen molar-refractivity contribution in [3.05, 3.63) is 12.0 Å². The van der Waals surface area contributed by atoms with Crippen molar-refractivity contribution < 1.29 is 0 Å². The highest BCUT2D eigenvalue weighted by molar-refractivity contribution is 8.18. The van der Waals surface area contributed by atoms with Gasteiger partial charge < -0.3 is 0 Å². The second kappa shape index (κ2) is 4.95. The fraction of sp³-hybridized carbons (Fsp3) is 0.444. The monoisotopic (exact) mass is 210 g/mol. The molecule has 1 aliphatic rings. The van der Waals surface area contributed by atoms with Gasteiger partial charge in [0.15, 0.2) is 5.84 Å². The molecule has 5 heteroatoms. The molecule has 0 spiro atoms. The molecule has 4 nitrogen and oxygen atoms in total. The van der Waals surface area contributed by atoms with Crippen LogP contribution in [0.4, 0.5) is 0 Å². The summed E-state index contributed by atoms with van der Waals surface area (Å²) in [5.41, 5.74) is 3.85. The number of aliphatic imine (C=N–C) groups is 2. The Labute approximate surface area is 88.3 Å². The fourth-order valence-corrected chi connectivity index (χ4v) is 1.42. The van der Waals surface area contributed by atoms with Crippen LogP contribution < -0.4 is 5.43 Å². The largest absolute Gasteiger partial charge is 0.278 e. The van der Waals surface area contributed by atoms with Crippen molar-refractivity contribution in [3.63, 3.8) is 0 Å². The molecule has 1 heterocycles. The van der Waals surface area contributed by atoms with E-state index < -0.39 is 0 Å². The Morgan fingerprint density at radius 3 is 2.93 bits per heavy atom. The van der Waals surface area contributed by atoms with E-state index in [0.29, 0.717) is 0 Å². The summed E-state index contributed by atoms with van der Waals surface area (Å²) >= 11 is 1.44. The van der Waals surface area contributed by atoms with Gasteiger partial charge in [-0.3, -0.25) is 15.4 Å². The third-order valence-corrected chi connectivity index (χ3v) is 2.63. The topological polar surface area (TPSA) is 49.1 Å². The van der Waals surface area contributed by atoms with E-state index >= 15 is 0 Å². The summed E-state index contributed by atoms with van der Waals surface area (Å²) in [5.74, 6) is 0.718. The molecule has 1 aliphatic heterocycles. The van der Waals surface area contributed by atoms with Crippen LogP contribution in [0.25, 0.3) is 0 Å². The van der Waals surface area contributed by atoms with Crippen LogP contribution in [0.5, 0.6) is 0 Å². The normalized spacial score (nSPS) is 22.2. The fourth-order valence-electron chi connectivity index (χ4n) is 0.947. The Hall–Kier alpha value is -1.10. The first-order valence-electron chi connectivity index (χ1n) is 4.31. The molecule has 1 unspecified atom stereocenters. The summed E-state index contributed by atoms with van der Waals surface area (Å²) in [4.78, 5) is 8.54. The molecule has 76 valence electrons. The zero-order valence-electron chi connectivity index (χ0n) is 8.61. The van der Waals surface area contributed by atoms with Gasteiger partial charge in [-0.15, -0.1) is 0 Å². The summed E-state index contributed by atoms with van der Waals surface area (Å²) < 4.78 is 0. The van der Waals surface area contributed by atoms with Gasteiger partial charge in [-0.25, -0.2) is 0 Å². The lowest BCUT2D eigenvalue weighted by Crippen LogP contribution is -2.34. The van der Waals surface area contributed by atoms with Gasteiger partial charge in [0.1, 0.15) is 5.04 Å². The number of nitrogens with zero attached hydrogens (tertiary/aromatic N) is 3. The maximum atomic E-state index is 4.43. The van der Waals surface area contributed by atoms with Crippen molar-refractivity contribution in [2.45, 2.75) is 19.9 Å². The number of hydrogen-bond acceptors (Lipinski definition) is 5. The molecule has 0 aliphatic carbocycles. The van der Waals surface area contributed by atoms with E-state index in [1.807, 2.05) is 13.8 Å². The van der Waals surface area contributed by atoms with Gasteiger partial charge in [-0.05, 0) is 19.3 Å². The van der Waals surface area contributed by atoms with Crippen LogP contribution in [-0.4, -0.2) is 29.7 Å². The Morgan fingerprint density at radius 2 is 2.43 bits per heavy atom. The van der Waals surface area contributed by atoms with E-state index in [2.05, 4.69) is 27.1 Å². The number of hydrogen-bond donors (Lipinski definition) is 1. The van der Waals surface area contributed by atoms with E-state index in [1.165, 1.54) is 11.8 Å². The maximum Gasteiger partial charge on any atom is 0.175 e. The Balaban J connectivity index is 2.80. The second-order valence-electron chi connectivity index (χ2n) is 2.83. The zero-order valence-corrected chi connectivity index (χ0v) is 9.43. The first-order chi connectivity index (χ1) is 6.69. The maximum absolute atomic E-state index is 4.43. The highest BCUT2D eigenvalue weighted by Gasteiger charge is 2.15. The molecular formula is C9H14N4S. The summed E-state index contributed by atoms with van der Waals surface area (Å²) in [6, 6.07) is 0.119. The van der Waals surface area contributed by atoms with Crippen LogP contribution in [0.1, 0.15) is 13.8 Å². The molecule has 1 atom stereocenters. The first kappa shape index (κ1) is 11.0. The van der Waals surface area contributed by atoms with Crippen LogP contribution >= 0.6 is 11.8 Å². The lowest BCUT2D eigenvalue weighted by molar-refractivity contribution is 0.872. The molecule has 1 N–H and O–H groups in total. The van der Waals surface area contributed by atoms with Crippen LogP contribution in [0.2, 0.25) is 0 Å². The molecule has 0 amide bonds. The number of amidine groups is 1. The molecule has 0 fully saturated rings. The summed E-state index contributed by atoms with van der Waals surface area (Å²) in [6.45, 7) is 7.59. The van der Waals surface area contributed by atoms with Crippen LogP contribution in [-0.2, 0) is 0 Å². The van der Waals surface area contributed by atoms with Gasteiger partial charge >= 0.3 is 0 Å². The van der Waals surface area contributed by atoms with E-state index in [0.717, 1.165) is 16.6 Å². The third-order valence-electron chi connectivity index (χ3n) is 1.87. The van der Waals surface area contributed by atoms with Gasteiger partial charge in [0.05, 0.1) is 11.8 Å². The number of hydrazone groups is 1. The summed E-state index contributed by atoms with van der Waals surface area (Å²) in [6.07, 6.45) is 0. The number of nitrogens with one attached hydrogen (secondary N) is 1. The Bertz CT molecular complexity index is 317. The first-order valence-corrected chi connectivity index (χ1v) is 5.19. The molecule has 0 aromatic rings. The second-order valence-corrected chi connectivity index (χ2v) is 3.79. The molecule has 0 saturated carbocycles. The van der Waals surface area contributed by atoms with E-state index in [9.17, 15) is 0 Å². The SMILES string of the molecule is C=CSC(=NC)C1=NC(C)C(C)=NN1. The molecule has 0 radical (unpaired) electrons. The quantitative estimate of drug-likeness (QED) is 0.556.